The molecule has 9 nitrogen and oxygen atoms in total. The number of pyridine rings is 1. The average molecular weight is 541 g/mol. The number of aliphatic imine (C=N–C) groups is 1. The molecule has 2 heterocycles. The van der Waals surface area contributed by atoms with Crippen molar-refractivity contribution < 1.29 is 17.9 Å². The minimum Gasteiger partial charge on any atom is -0.379 e. The molecular weight excluding hydrogens is 509 g/mol. The fraction of sp³-hybridized carbons (Fsp3) is 0.667. The summed E-state index contributed by atoms with van der Waals surface area (Å²) < 4.78 is 37.9. The molecule has 166 valence electrons. The van der Waals surface area contributed by atoms with Crippen molar-refractivity contribution in [1.29, 1.82) is 0 Å². The van der Waals surface area contributed by atoms with Gasteiger partial charge in [-0.25, -0.2) is 13.1 Å². The van der Waals surface area contributed by atoms with E-state index in [-0.39, 0.29) is 41.5 Å². The molecule has 1 fully saturated rings. The molecule has 3 N–H and O–H groups in total. The number of aromatic nitrogens is 1. The Balaban J connectivity index is 0.00000420. The average Bonchev–Trinajstić information content (AvgIpc) is 3.22. The highest BCUT2D eigenvalue weighted by Gasteiger charge is 2.15. The number of nitrogens with one attached hydrogen (secondary N) is 3. The fourth-order valence-electron chi connectivity index (χ4n) is 2.65. The Kier molecular flexibility index (Phi) is 13.4. The van der Waals surface area contributed by atoms with Crippen molar-refractivity contribution in [2.45, 2.75) is 37.2 Å². The molecule has 0 aromatic carbocycles. The van der Waals surface area contributed by atoms with Crippen molar-refractivity contribution in [3.8, 4) is 0 Å². The van der Waals surface area contributed by atoms with E-state index in [4.69, 9.17) is 9.47 Å². The van der Waals surface area contributed by atoms with E-state index in [2.05, 4.69) is 25.3 Å². The lowest BCUT2D eigenvalue weighted by atomic mass is 10.2. The van der Waals surface area contributed by atoms with Gasteiger partial charge in [0.25, 0.3) is 0 Å². The van der Waals surface area contributed by atoms with Crippen LogP contribution in [0.2, 0.25) is 0 Å². The smallest absolute Gasteiger partial charge is 0.242 e. The minimum absolute atomic E-state index is 0. The first kappa shape index (κ1) is 26.0. The third-order valence-electron chi connectivity index (χ3n) is 4.04. The van der Waals surface area contributed by atoms with Crippen LogP contribution in [0.3, 0.4) is 0 Å². The van der Waals surface area contributed by atoms with E-state index in [0.29, 0.717) is 32.3 Å². The van der Waals surface area contributed by atoms with Crippen LogP contribution in [0.4, 0.5) is 0 Å². The van der Waals surface area contributed by atoms with Crippen LogP contribution in [-0.2, 0) is 19.5 Å². The molecule has 0 radical (unpaired) electrons. The number of halogens is 1. The molecule has 1 aromatic heterocycles. The van der Waals surface area contributed by atoms with Crippen LogP contribution in [0.1, 0.15) is 26.2 Å². The Hall–Kier alpha value is -1.02. The second-order valence-electron chi connectivity index (χ2n) is 6.34. The quantitative estimate of drug-likeness (QED) is 0.157. The van der Waals surface area contributed by atoms with E-state index in [1.54, 1.807) is 6.07 Å². The topological polar surface area (TPSA) is 114 Å². The second-order valence-corrected chi connectivity index (χ2v) is 8.10. The van der Waals surface area contributed by atoms with Crippen molar-refractivity contribution in [3.05, 3.63) is 24.5 Å². The van der Waals surface area contributed by atoms with Crippen LogP contribution < -0.4 is 15.4 Å². The van der Waals surface area contributed by atoms with E-state index >= 15 is 0 Å². The van der Waals surface area contributed by atoms with Crippen LogP contribution >= 0.6 is 24.0 Å². The molecule has 0 spiro atoms. The third-order valence-corrected chi connectivity index (χ3v) is 5.49. The first-order chi connectivity index (χ1) is 13.6. The van der Waals surface area contributed by atoms with Crippen LogP contribution in [0.25, 0.3) is 0 Å². The Morgan fingerprint density at radius 2 is 2.24 bits per heavy atom. The molecule has 1 unspecified atom stereocenters. The molecule has 1 saturated heterocycles. The van der Waals surface area contributed by atoms with Gasteiger partial charge >= 0.3 is 0 Å². The summed E-state index contributed by atoms with van der Waals surface area (Å²) in [5, 5.41) is 6.25. The maximum absolute atomic E-state index is 12.1. The van der Waals surface area contributed by atoms with Crippen molar-refractivity contribution in [2.24, 2.45) is 4.99 Å². The number of nitrogens with zero attached hydrogens (tertiary/aromatic N) is 2. The Morgan fingerprint density at radius 1 is 1.38 bits per heavy atom. The lowest BCUT2D eigenvalue weighted by Crippen LogP contribution is -2.41. The molecular formula is C18H32IN5O4S. The van der Waals surface area contributed by atoms with E-state index in [9.17, 15) is 8.42 Å². The van der Waals surface area contributed by atoms with Crippen LogP contribution in [0.15, 0.2) is 34.4 Å². The summed E-state index contributed by atoms with van der Waals surface area (Å²) >= 11 is 0. The van der Waals surface area contributed by atoms with Crippen LogP contribution in [0, 0.1) is 0 Å². The molecule has 2 rings (SSSR count). The highest BCUT2D eigenvalue weighted by Crippen LogP contribution is 2.11. The molecule has 1 aliphatic heterocycles. The van der Waals surface area contributed by atoms with Gasteiger partial charge in [0, 0.05) is 51.8 Å². The predicted molar refractivity (Wildman–Crippen MR) is 123 cm³/mol. The van der Waals surface area contributed by atoms with E-state index in [1.807, 2.05) is 6.92 Å². The number of hydrogen-bond acceptors (Lipinski definition) is 6. The van der Waals surface area contributed by atoms with Gasteiger partial charge in [-0.1, -0.05) is 0 Å². The van der Waals surface area contributed by atoms with Crippen molar-refractivity contribution >= 4 is 40.0 Å². The zero-order valence-corrected chi connectivity index (χ0v) is 19.9. The lowest BCUT2D eigenvalue weighted by molar-refractivity contribution is 0.0171. The zero-order chi connectivity index (χ0) is 20.1. The fourth-order valence-corrected chi connectivity index (χ4v) is 3.64. The number of hydrogen-bond donors (Lipinski definition) is 3. The molecule has 0 amide bonds. The summed E-state index contributed by atoms with van der Waals surface area (Å²) in [4.78, 5) is 8.45. The minimum atomic E-state index is -3.54. The summed E-state index contributed by atoms with van der Waals surface area (Å²) in [6.45, 7) is 6.13. The normalized spacial score (nSPS) is 17.0. The summed E-state index contributed by atoms with van der Waals surface area (Å²) in [5.74, 6) is 0.655. The molecule has 0 bridgehead atoms. The summed E-state index contributed by atoms with van der Waals surface area (Å²) in [6.07, 6.45) is 6.12. The molecule has 29 heavy (non-hydrogen) atoms. The van der Waals surface area contributed by atoms with Crippen molar-refractivity contribution in [2.75, 3.05) is 46.0 Å². The number of rotatable bonds is 12. The van der Waals surface area contributed by atoms with Crippen LogP contribution in [0.5, 0.6) is 0 Å². The van der Waals surface area contributed by atoms with Crippen LogP contribution in [-0.4, -0.2) is 71.5 Å². The molecule has 1 aromatic rings. The monoisotopic (exact) mass is 541 g/mol. The summed E-state index contributed by atoms with van der Waals surface area (Å²) in [7, 11) is -3.54. The van der Waals surface area contributed by atoms with Gasteiger partial charge < -0.3 is 20.1 Å². The maximum Gasteiger partial charge on any atom is 0.242 e. The second kappa shape index (κ2) is 14.9. The van der Waals surface area contributed by atoms with Crippen molar-refractivity contribution in [1.82, 2.24) is 20.3 Å². The molecule has 0 saturated carbocycles. The highest BCUT2D eigenvalue weighted by molar-refractivity contribution is 14.0. The number of ether oxygens (including phenoxy) is 2. The Bertz CT molecular complexity index is 685. The Morgan fingerprint density at radius 3 is 2.93 bits per heavy atom. The SMILES string of the molecule is CCNC(=NCCCOCC1CCCO1)NCCNS(=O)(=O)c1cccnc1.I. The molecule has 11 heteroatoms. The van der Waals surface area contributed by atoms with E-state index < -0.39 is 10.0 Å². The zero-order valence-electron chi connectivity index (χ0n) is 16.8. The van der Waals surface area contributed by atoms with E-state index in [0.717, 1.165) is 32.4 Å². The van der Waals surface area contributed by atoms with Gasteiger partial charge in [-0.15, -0.1) is 24.0 Å². The summed E-state index contributed by atoms with van der Waals surface area (Å²) in [6, 6.07) is 3.10. The molecule has 0 aliphatic carbocycles. The van der Waals surface area contributed by atoms with Gasteiger partial charge in [0.1, 0.15) is 4.90 Å². The number of guanidine groups is 1. The maximum atomic E-state index is 12.1. The van der Waals surface area contributed by atoms with Gasteiger partial charge in [-0.3, -0.25) is 9.98 Å². The van der Waals surface area contributed by atoms with Crippen molar-refractivity contribution in [3.63, 3.8) is 0 Å². The Labute approximate surface area is 190 Å². The van der Waals surface area contributed by atoms with Gasteiger partial charge in [-0.2, -0.15) is 0 Å². The highest BCUT2D eigenvalue weighted by atomic mass is 127. The van der Waals surface area contributed by atoms with Gasteiger partial charge in [0.15, 0.2) is 5.96 Å². The summed E-state index contributed by atoms with van der Waals surface area (Å²) in [5.41, 5.74) is 0. The first-order valence-electron chi connectivity index (χ1n) is 9.73. The van der Waals surface area contributed by atoms with E-state index in [1.165, 1.54) is 18.5 Å². The lowest BCUT2D eigenvalue weighted by Gasteiger charge is -2.12. The van der Waals surface area contributed by atoms with Gasteiger partial charge in [0.2, 0.25) is 10.0 Å². The van der Waals surface area contributed by atoms with Gasteiger partial charge in [-0.05, 0) is 38.3 Å². The van der Waals surface area contributed by atoms with Gasteiger partial charge in [0.05, 0.1) is 12.7 Å². The largest absolute Gasteiger partial charge is 0.379 e. The first-order valence-corrected chi connectivity index (χ1v) is 11.2. The molecule has 1 atom stereocenters. The number of sulfonamides is 1. The third kappa shape index (κ3) is 10.5. The molecule has 1 aliphatic rings. The predicted octanol–water partition coefficient (Wildman–Crippen LogP) is 1.12. The standard InChI is InChI=1S/C18H31N5O4S.HI/c1-2-20-18(21-9-5-12-26-15-16-6-4-13-27-16)22-10-11-23-28(24,25)17-7-3-8-19-14-17;/h3,7-8,14,16,23H,2,4-6,9-13,15H2,1H3,(H2,20,21,22);1H.